The molecule has 0 bridgehead atoms. The molecule has 1 unspecified atom stereocenters. The van der Waals surface area contributed by atoms with E-state index in [2.05, 4.69) is 10.3 Å². The minimum atomic E-state index is -4.51. The summed E-state index contributed by atoms with van der Waals surface area (Å²) in [6, 6.07) is 2.62. The molecular weight excluding hydrogens is 359 g/mol. The fourth-order valence-corrected chi connectivity index (χ4v) is 3.49. The number of hydrogen-bond acceptors (Lipinski definition) is 3. The van der Waals surface area contributed by atoms with Gasteiger partial charge in [0.05, 0.1) is 11.6 Å². The Balaban J connectivity index is 1.84. The SMILES string of the molecule is Cn1ccnc1C1N(C(=O)Nc2cc(CN)cc(C(F)(F)F)c2)CC1(C)C. The van der Waals surface area contributed by atoms with E-state index in [0.717, 1.165) is 18.0 Å². The lowest BCUT2D eigenvalue weighted by Gasteiger charge is -2.53. The van der Waals surface area contributed by atoms with E-state index >= 15 is 0 Å². The third-order valence-corrected chi connectivity index (χ3v) is 4.80. The number of benzene rings is 1. The number of nitrogens with one attached hydrogen (secondary N) is 1. The Labute approximate surface area is 155 Å². The zero-order chi connectivity index (χ0) is 20.0. The summed E-state index contributed by atoms with van der Waals surface area (Å²) >= 11 is 0. The molecule has 2 aromatic rings. The van der Waals surface area contributed by atoms with Crippen LogP contribution in [-0.4, -0.2) is 27.0 Å². The van der Waals surface area contributed by atoms with Gasteiger partial charge in [-0.2, -0.15) is 13.2 Å². The number of rotatable bonds is 3. The number of carbonyl (C=O) groups excluding carboxylic acids is 1. The maximum Gasteiger partial charge on any atom is 0.416 e. The van der Waals surface area contributed by atoms with Crippen molar-refractivity contribution in [2.45, 2.75) is 32.6 Å². The topological polar surface area (TPSA) is 76.2 Å². The molecule has 0 aliphatic carbocycles. The van der Waals surface area contributed by atoms with E-state index in [9.17, 15) is 18.0 Å². The fourth-order valence-electron chi connectivity index (χ4n) is 3.49. The molecule has 1 aromatic heterocycles. The number of nitrogens with zero attached hydrogens (tertiary/aromatic N) is 3. The number of halogens is 3. The van der Waals surface area contributed by atoms with Crippen molar-refractivity contribution < 1.29 is 18.0 Å². The number of alkyl halides is 3. The Bertz CT molecular complexity index is 859. The highest BCUT2D eigenvalue weighted by Gasteiger charge is 2.51. The number of likely N-dealkylation sites (tertiary alicyclic amines) is 1. The maximum absolute atomic E-state index is 13.1. The predicted octanol–water partition coefficient (Wildman–Crippen LogP) is 3.51. The number of nitrogens with two attached hydrogens (primary N) is 1. The first-order valence-corrected chi connectivity index (χ1v) is 8.49. The first kappa shape index (κ1) is 19.2. The first-order chi connectivity index (χ1) is 12.5. The highest BCUT2D eigenvalue weighted by Crippen LogP contribution is 2.47. The molecule has 9 heteroatoms. The molecule has 1 aromatic carbocycles. The molecule has 2 heterocycles. The molecule has 1 atom stereocenters. The van der Waals surface area contributed by atoms with Gasteiger partial charge in [0.1, 0.15) is 5.82 Å². The first-order valence-electron chi connectivity index (χ1n) is 8.49. The van der Waals surface area contributed by atoms with Gasteiger partial charge in [0.2, 0.25) is 0 Å². The Morgan fingerprint density at radius 2 is 2.07 bits per heavy atom. The molecule has 27 heavy (non-hydrogen) atoms. The summed E-state index contributed by atoms with van der Waals surface area (Å²) in [5, 5.41) is 2.57. The summed E-state index contributed by atoms with van der Waals surface area (Å²) in [6.45, 7) is 4.46. The average molecular weight is 381 g/mol. The second-order valence-corrected chi connectivity index (χ2v) is 7.47. The highest BCUT2D eigenvalue weighted by atomic mass is 19.4. The largest absolute Gasteiger partial charge is 0.416 e. The molecule has 0 radical (unpaired) electrons. The molecular formula is C18H22F3N5O. The summed E-state index contributed by atoms with van der Waals surface area (Å²) in [6.07, 6.45) is -1.07. The Morgan fingerprint density at radius 3 is 2.59 bits per heavy atom. The standard InChI is InChI=1S/C18H22F3N5O/c1-17(2)10-26(14(17)15-23-4-5-25(15)3)16(27)24-13-7-11(9-22)6-12(8-13)18(19,20)21/h4-8,14H,9-10,22H2,1-3H3,(H,24,27). The summed E-state index contributed by atoms with van der Waals surface area (Å²) < 4.78 is 41.1. The van der Waals surface area contributed by atoms with Gasteiger partial charge in [0.25, 0.3) is 0 Å². The molecule has 0 saturated carbocycles. The van der Waals surface area contributed by atoms with Crippen LogP contribution in [0.25, 0.3) is 0 Å². The lowest BCUT2D eigenvalue weighted by atomic mass is 9.74. The lowest BCUT2D eigenvalue weighted by Crippen LogP contribution is -2.59. The third kappa shape index (κ3) is 3.64. The molecule has 0 spiro atoms. The van der Waals surface area contributed by atoms with Crippen molar-refractivity contribution in [2.24, 2.45) is 18.2 Å². The van der Waals surface area contributed by atoms with Crippen LogP contribution in [0.1, 0.15) is 36.8 Å². The van der Waals surface area contributed by atoms with E-state index in [4.69, 9.17) is 5.73 Å². The van der Waals surface area contributed by atoms with Crippen LogP contribution in [0.4, 0.5) is 23.7 Å². The van der Waals surface area contributed by atoms with Gasteiger partial charge in [-0.1, -0.05) is 13.8 Å². The van der Waals surface area contributed by atoms with E-state index in [1.54, 1.807) is 17.3 Å². The maximum atomic E-state index is 13.1. The van der Waals surface area contributed by atoms with E-state index in [0.29, 0.717) is 12.1 Å². The van der Waals surface area contributed by atoms with Crippen molar-refractivity contribution in [1.82, 2.24) is 14.5 Å². The third-order valence-electron chi connectivity index (χ3n) is 4.80. The van der Waals surface area contributed by atoms with Gasteiger partial charge in [-0.15, -0.1) is 0 Å². The second kappa shape index (κ2) is 6.56. The number of anilines is 1. The number of urea groups is 1. The van der Waals surface area contributed by atoms with Crippen LogP contribution in [0.15, 0.2) is 30.6 Å². The Kier molecular flexibility index (Phi) is 4.67. The van der Waals surface area contributed by atoms with E-state index in [1.807, 2.05) is 25.5 Å². The summed E-state index contributed by atoms with van der Waals surface area (Å²) in [4.78, 5) is 18.6. The van der Waals surface area contributed by atoms with E-state index in [1.165, 1.54) is 6.07 Å². The molecule has 1 aliphatic rings. The molecule has 1 fully saturated rings. The summed E-state index contributed by atoms with van der Waals surface area (Å²) in [5.74, 6) is 0.730. The van der Waals surface area contributed by atoms with Gasteiger partial charge < -0.3 is 20.5 Å². The quantitative estimate of drug-likeness (QED) is 0.854. The van der Waals surface area contributed by atoms with Gasteiger partial charge in [-0.25, -0.2) is 9.78 Å². The zero-order valence-corrected chi connectivity index (χ0v) is 15.3. The van der Waals surface area contributed by atoms with Gasteiger partial charge in [-0.05, 0) is 23.8 Å². The van der Waals surface area contributed by atoms with Crippen molar-refractivity contribution in [2.75, 3.05) is 11.9 Å². The second-order valence-electron chi connectivity index (χ2n) is 7.47. The smallest absolute Gasteiger partial charge is 0.336 e. The molecule has 1 saturated heterocycles. The fraction of sp³-hybridized carbons (Fsp3) is 0.444. The number of carbonyl (C=O) groups is 1. The lowest BCUT2D eigenvalue weighted by molar-refractivity contribution is -0.137. The Morgan fingerprint density at radius 1 is 1.37 bits per heavy atom. The van der Waals surface area contributed by atoms with Crippen LogP contribution in [0.2, 0.25) is 0 Å². The van der Waals surface area contributed by atoms with Crippen molar-refractivity contribution in [1.29, 1.82) is 0 Å². The molecule has 2 amide bonds. The normalized spacial score (nSPS) is 18.9. The van der Waals surface area contributed by atoms with Crippen LogP contribution < -0.4 is 11.1 Å². The minimum absolute atomic E-state index is 0.0561. The molecule has 1 aliphatic heterocycles. The molecule has 3 rings (SSSR count). The van der Waals surface area contributed by atoms with E-state index < -0.39 is 17.8 Å². The van der Waals surface area contributed by atoms with Crippen LogP contribution in [0.5, 0.6) is 0 Å². The molecule has 146 valence electrons. The van der Waals surface area contributed by atoms with Gasteiger partial charge in [0.15, 0.2) is 0 Å². The van der Waals surface area contributed by atoms with Crippen molar-refractivity contribution in [3.63, 3.8) is 0 Å². The number of hydrogen-bond donors (Lipinski definition) is 2. The number of amides is 2. The van der Waals surface area contributed by atoms with Gasteiger partial charge in [0, 0.05) is 43.6 Å². The van der Waals surface area contributed by atoms with E-state index in [-0.39, 0.29) is 23.7 Å². The molecule has 3 N–H and O–H groups in total. The van der Waals surface area contributed by atoms with Crippen molar-refractivity contribution >= 4 is 11.7 Å². The number of imidazole rings is 1. The van der Waals surface area contributed by atoms with Crippen LogP contribution in [0.3, 0.4) is 0 Å². The van der Waals surface area contributed by atoms with Crippen LogP contribution >= 0.6 is 0 Å². The van der Waals surface area contributed by atoms with Crippen molar-refractivity contribution in [3.05, 3.63) is 47.5 Å². The predicted molar refractivity (Wildman–Crippen MR) is 94.8 cm³/mol. The van der Waals surface area contributed by atoms with Crippen molar-refractivity contribution in [3.8, 4) is 0 Å². The number of aromatic nitrogens is 2. The highest BCUT2D eigenvalue weighted by molar-refractivity contribution is 5.90. The monoisotopic (exact) mass is 381 g/mol. The van der Waals surface area contributed by atoms with Crippen LogP contribution in [-0.2, 0) is 19.8 Å². The summed E-state index contributed by atoms with van der Waals surface area (Å²) in [5.41, 5.74) is 4.83. The average Bonchev–Trinajstić information content (AvgIpc) is 2.97. The van der Waals surface area contributed by atoms with Gasteiger partial charge >= 0.3 is 12.2 Å². The summed E-state index contributed by atoms with van der Waals surface area (Å²) in [7, 11) is 1.84. The minimum Gasteiger partial charge on any atom is -0.336 e. The van der Waals surface area contributed by atoms with Crippen LogP contribution in [0, 0.1) is 5.41 Å². The van der Waals surface area contributed by atoms with Gasteiger partial charge in [-0.3, -0.25) is 0 Å². The zero-order valence-electron chi connectivity index (χ0n) is 15.3. The molecule has 6 nitrogen and oxygen atoms in total. The number of aryl methyl sites for hydroxylation is 1. The Hall–Kier alpha value is -2.55.